The van der Waals surface area contributed by atoms with E-state index in [9.17, 15) is 28.7 Å². The Balaban J connectivity index is 1.13. The molecule has 3 unspecified atom stereocenters. The lowest BCUT2D eigenvalue weighted by Gasteiger charge is -2.20. The Labute approximate surface area is 243 Å². The number of Topliss-reactive ketones (excluding diaryl/α,β-unsaturated/α-hetero) is 1. The lowest BCUT2D eigenvalue weighted by Crippen LogP contribution is -2.43. The number of nitrogens with zero attached hydrogens (tertiary/aromatic N) is 4. The normalized spacial score (nSPS) is 20.9. The molecule has 0 bridgehead atoms. The third kappa shape index (κ3) is 5.38. The molecule has 2 saturated heterocycles. The Kier molecular flexibility index (Phi) is 7.24. The van der Waals surface area contributed by atoms with Crippen molar-refractivity contribution in [1.82, 2.24) is 9.55 Å². The first-order chi connectivity index (χ1) is 20.5. The molecule has 14 heteroatoms. The third-order valence-electron chi connectivity index (χ3n) is 8.10. The molecule has 3 N–H and O–H groups in total. The van der Waals surface area contributed by atoms with Crippen LogP contribution in [0.2, 0.25) is 0 Å². The lowest BCUT2D eigenvalue weighted by molar-refractivity contribution is -0.120. The summed E-state index contributed by atoms with van der Waals surface area (Å²) in [6.45, 7) is 2.27. The number of hydrogen-bond acceptors (Lipinski definition) is 9. The van der Waals surface area contributed by atoms with Crippen LogP contribution in [0.4, 0.5) is 25.1 Å². The Morgan fingerprint density at radius 3 is 2.60 bits per heavy atom. The van der Waals surface area contributed by atoms with Crippen LogP contribution in [0.5, 0.6) is 5.75 Å². The van der Waals surface area contributed by atoms with Crippen molar-refractivity contribution in [2.24, 2.45) is 11.7 Å². The van der Waals surface area contributed by atoms with E-state index in [2.05, 4.69) is 4.98 Å². The Morgan fingerprint density at radius 1 is 1.16 bits per heavy atom. The smallest absolute Gasteiger partial charge is 0.414 e. The zero-order chi connectivity index (χ0) is 30.6. The molecule has 4 heterocycles. The highest BCUT2D eigenvalue weighted by Crippen LogP contribution is 2.37. The van der Waals surface area contributed by atoms with Gasteiger partial charge in [-0.25, -0.2) is 23.4 Å². The first-order valence-corrected chi connectivity index (χ1v) is 13.9. The summed E-state index contributed by atoms with van der Waals surface area (Å²) < 4.78 is 42.7. The van der Waals surface area contributed by atoms with Crippen molar-refractivity contribution in [2.45, 2.75) is 44.4 Å². The number of amides is 1. The van der Waals surface area contributed by atoms with E-state index in [1.165, 1.54) is 30.2 Å². The van der Waals surface area contributed by atoms with E-state index < -0.39 is 46.8 Å². The van der Waals surface area contributed by atoms with Gasteiger partial charge in [0.05, 0.1) is 24.2 Å². The van der Waals surface area contributed by atoms with Crippen LogP contribution in [-0.2, 0) is 9.53 Å². The molecule has 3 fully saturated rings. The van der Waals surface area contributed by atoms with E-state index >= 15 is 4.39 Å². The van der Waals surface area contributed by atoms with E-state index in [0.717, 1.165) is 25.0 Å². The first-order valence-electron chi connectivity index (χ1n) is 13.9. The second kappa shape index (κ2) is 10.9. The molecule has 12 nitrogen and oxygen atoms in total. The Morgan fingerprint density at radius 2 is 1.93 bits per heavy atom. The van der Waals surface area contributed by atoms with Crippen LogP contribution in [0, 0.1) is 17.6 Å². The number of anilines is 2. The highest BCUT2D eigenvalue weighted by atomic mass is 19.1. The zero-order valence-corrected chi connectivity index (χ0v) is 23.2. The molecular formula is C29H29F2N5O7. The van der Waals surface area contributed by atoms with Crippen molar-refractivity contribution in [2.75, 3.05) is 36.0 Å². The number of carbonyl (C=O) groups is 3. The SMILES string of the molecule is CC(=O)C(N)C1CN(c2ccc(OCC3CCN(c4nc5c(cc4F)c(=O)c(C(=O)O)cn5C4CC4)C3)c(F)c2)C(=O)O1. The zero-order valence-electron chi connectivity index (χ0n) is 23.2. The van der Waals surface area contributed by atoms with E-state index in [1.54, 1.807) is 9.47 Å². The number of carbonyl (C=O) groups excluding carboxylic acids is 2. The highest BCUT2D eigenvalue weighted by molar-refractivity contribution is 5.92. The summed E-state index contributed by atoms with van der Waals surface area (Å²) in [7, 11) is 0. The fourth-order valence-electron chi connectivity index (χ4n) is 5.53. The van der Waals surface area contributed by atoms with E-state index in [-0.39, 0.29) is 59.2 Å². The summed E-state index contributed by atoms with van der Waals surface area (Å²) >= 11 is 0. The number of fused-ring (bicyclic) bond motifs is 1. The molecule has 2 aromatic heterocycles. The van der Waals surface area contributed by atoms with Gasteiger partial charge in [-0.05, 0) is 44.4 Å². The molecule has 6 rings (SSSR count). The molecule has 0 spiro atoms. The number of halogens is 2. The summed E-state index contributed by atoms with van der Waals surface area (Å²) in [6.07, 6.45) is 1.95. The van der Waals surface area contributed by atoms with Crippen LogP contribution in [0.1, 0.15) is 42.6 Å². The summed E-state index contributed by atoms with van der Waals surface area (Å²) in [6, 6.07) is 4.13. The molecule has 1 aromatic carbocycles. The van der Waals surface area contributed by atoms with Crippen LogP contribution < -0.4 is 25.7 Å². The molecule has 3 aliphatic rings. The van der Waals surface area contributed by atoms with Crippen molar-refractivity contribution in [3.8, 4) is 5.75 Å². The third-order valence-corrected chi connectivity index (χ3v) is 8.10. The van der Waals surface area contributed by atoms with Gasteiger partial charge in [-0.15, -0.1) is 0 Å². The van der Waals surface area contributed by atoms with Crippen molar-refractivity contribution in [3.63, 3.8) is 0 Å². The molecule has 3 aromatic rings. The van der Waals surface area contributed by atoms with Crippen molar-refractivity contribution in [1.29, 1.82) is 0 Å². The maximum atomic E-state index is 15.2. The van der Waals surface area contributed by atoms with Gasteiger partial charge in [-0.1, -0.05) is 0 Å². The van der Waals surface area contributed by atoms with E-state index in [4.69, 9.17) is 15.2 Å². The highest BCUT2D eigenvalue weighted by Gasteiger charge is 2.38. The monoisotopic (exact) mass is 597 g/mol. The number of hydrogen-bond donors (Lipinski definition) is 2. The molecule has 226 valence electrons. The van der Waals surface area contributed by atoms with Gasteiger partial charge in [0.15, 0.2) is 23.2 Å². The fraction of sp³-hybridized carbons (Fsp3) is 0.414. The molecule has 0 radical (unpaired) electrons. The van der Waals surface area contributed by atoms with Gasteiger partial charge in [0.1, 0.15) is 29.1 Å². The van der Waals surface area contributed by atoms with E-state index in [1.807, 2.05) is 0 Å². The number of aromatic carboxylic acids is 1. The lowest BCUT2D eigenvalue weighted by atomic mass is 10.1. The maximum absolute atomic E-state index is 15.2. The van der Waals surface area contributed by atoms with Gasteiger partial charge in [0.2, 0.25) is 5.43 Å². The minimum atomic E-state index is -1.37. The van der Waals surface area contributed by atoms with Crippen molar-refractivity contribution in [3.05, 3.63) is 57.9 Å². The van der Waals surface area contributed by atoms with Crippen molar-refractivity contribution >= 4 is 40.4 Å². The van der Waals surface area contributed by atoms with Crippen LogP contribution in [0.15, 0.2) is 35.3 Å². The number of nitrogens with two attached hydrogens (primary N) is 1. The average Bonchev–Trinajstić information content (AvgIpc) is 3.57. The molecular weight excluding hydrogens is 568 g/mol. The predicted molar refractivity (Wildman–Crippen MR) is 150 cm³/mol. The van der Waals surface area contributed by atoms with Crippen LogP contribution in [-0.4, -0.2) is 70.9 Å². The molecule has 1 aliphatic carbocycles. The minimum absolute atomic E-state index is 0.00341. The quantitative estimate of drug-likeness (QED) is 0.376. The van der Waals surface area contributed by atoms with Gasteiger partial charge < -0.3 is 29.8 Å². The topological polar surface area (TPSA) is 157 Å². The number of benzene rings is 1. The Hall–Kier alpha value is -4.59. The number of ether oxygens (including phenoxy) is 2. The molecule has 2 aliphatic heterocycles. The summed E-state index contributed by atoms with van der Waals surface area (Å²) in [4.78, 5) is 55.5. The van der Waals surface area contributed by atoms with Gasteiger partial charge in [-0.2, -0.15) is 0 Å². The first kappa shape index (κ1) is 28.5. The number of ketones is 1. The molecule has 1 amide bonds. The van der Waals surface area contributed by atoms with Gasteiger partial charge in [0, 0.05) is 37.3 Å². The number of carboxylic acids is 1. The maximum Gasteiger partial charge on any atom is 0.414 e. The van der Waals surface area contributed by atoms with Crippen LogP contribution in [0.25, 0.3) is 11.0 Å². The number of carboxylic acid groups (broad SMARTS) is 1. The standard InChI is InChI=1S/C29H29F2N5O7/c1-14(37)24(32)23-12-36(29(41)43-23)17-4-5-22(20(30)8-17)42-13-15-6-7-34(10-15)27-21(31)9-18-25(38)19(28(39)40)11-35(16-2-3-16)26(18)33-27/h4-5,8-9,11,15-16,23-24H,2-3,6-7,10,12-13,32H2,1H3,(H,39,40). The predicted octanol–water partition coefficient (Wildman–Crippen LogP) is 2.85. The second-order valence-electron chi connectivity index (χ2n) is 11.2. The average molecular weight is 598 g/mol. The number of aromatic nitrogens is 2. The van der Waals surface area contributed by atoms with Gasteiger partial charge in [-0.3, -0.25) is 14.5 Å². The fourth-order valence-corrected chi connectivity index (χ4v) is 5.53. The summed E-state index contributed by atoms with van der Waals surface area (Å²) in [5, 5.41) is 9.36. The largest absolute Gasteiger partial charge is 0.490 e. The van der Waals surface area contributed by atoms with Crippen LogP contribution >= 0.6 is 0 Å². The van der Waals surface area contributed by atoms with E-state index in [0.29, 0.717) is 19.5 Å². The summed E-state index contributed by atoms with van der Waals surface area (Å²) in [5.74, 6) is -3.18. The molecule has 3 atom stereocenters. The number of rotatable bonds is 9. The van der Waals surface area contributed by atoms with Crippen molar-refractivity contribution < 1.29 is 37.7 Å². The molecule has 1 saturated carbocycles. The number of cyclic esters (lactones) is 1. The van der Waals surface area contributed by atoms with Gasteiger partial charge >= 0.3 is 12.1 Å². The molecule has 43 heavy (non-hydrogen) atoms. The minimum Gasteiger partial charge on any atom is -0.490 e. The Bertz CT molecular complexity index is 1710. The second-order valence-corrected chi connectivity index (χ2v) is 11.2. The van der Waals surface area contributed by atoms with Gasteiger partial charge in [0.25, 0.3) is 0 Å². The van der Waals surface area contributed by atoms with Crippen LogP contribution in [0.3, 0.4) is 0 Å². The number of pyridine rings is 2. The summed E-state index contributed by atoms with van der Waals surface area (Å²) in [5.41, 5.74) is 5.07.